The molecule has 1 N–H and O–H groups in total. The Morgan fingerprint density at radius 1 is 0.958 bits per heavy atom. The lowest BCUT2D eigenvalue weighted by atomic mass is 10.0. The van der Waals surface area contributed by atoms with Gasteiger partial charge in [-0.15, -0.1) is 0 Å². The van der Waals surface area contributed by atoms with Gasteiger partial charge in [0, 0.05) is 5.39 Å². The maximum Gasteiger partial charge on any atom is 0.339 e. The van der Waals surface area contributed by atoms with Crippen LogP contribution < -0.4 is 4.18 Å². The molecule has 0 fully saturated rings. The summed E-state index contributed by atoms with van der Waals surface area (Å²) in [6, 6.07) is 16.5. The minimum atomic E-state index is -4.00. The third-order valence-corrected chi connectivity index (χ3v) is 5.15. The SMILES string of the molecule is CC(C)c1ccc(OS(=O)(=O)c2cccc3ccc(O)cc23)cc1. The molecule has 3 aromatic rings. The van der Waals surface area contributed by atoms with E-state index in [0.717, 1.165) is 5.56 Å². The number of hydrogen-bond donors (Lipinski definition) is 1. The van der Waals surface area contributed by atoms with Crippen LogP contribution in [0.4, 0.5) is 0 Å². The van der Waals surface area contributed by atoms with Crippen molar-refractivity contribution < 1.29 is 17.7 Å². The molecule has 5 heteroatoms. The van der Waals surface area contributed by atoms with Crippen LogP contribution in [0.2, 0.25) is 0 Å². The molecule has 3 rings (SSSR count). The third kappa shape index (κ3) is 3.21. The lowest BCUT2D eigenvalue weighted by Crippen LogP contribution is -2.10. The van der Waals surface area contributed by atoms with Crippen LogP contribution in [0.25, 0.3) is 10.8 Å². The summed E-state index contributed by atoms with van der Waals surface area (Å²) in [5.41, 5.74) is 1.11. The Morgan fingerprint density at radius 3 is 2.33 bits per heavy atom. The van der Waals surface area contributed by atoms with Gasteiger partial charge in [-0.05, 0) is 47.2 Å². The number of rotatable bonds is 4. The molecule has 0 saturated carbocycles. The van der Waals surface area contributed by atoms with E-state index in [1.807, 2.05) is 12.1 Å². The lowest BCUT2D eigenvalue weighted by Gasteiger charge is -2.11. The second-order valence-electron chi connectivity index (χ2n) is 5.92. The van der Waals surface area contributed by atoms with Gasteiger partial charge in [-0.3, -0.25) is 0 Å². The standard InChI is InChI=1S/C19H18O4S/c1-13(2)14-7-10-17(11-8-14)23-24(21,22)19-5-3-4-15-6-9-16(20)12-18(15)19/h3-13,20H,1-2H3. The number of benzene rings is 3. The van der Waals surface area contributed by atoms with Crippen molar-refractivity contribution in [2.24, 2.45) is 0 Å². The fraction of sp³-hybridized carbons (Fsp3) is 0.158. The van der Waals surface area contributed by atoms with Crippen molar-refractivity contribution in [3.8, 4) is 11.5 Å². The van der Waals surface area contributed by atoms with Crippen LogP contribution in [0.3, 0.4) is 0 Å². The van der Waals surface area contributed by atoms with Crippen LogP contribution in [-0.2, 0) is 10.1 Å². The molecule has 0 aromatic heterocycles. The molecular weight excluding hydrogens is 324 g/mol. The highest BCUT2D eigenvalue weighted by Crippen LogP contribution is 2.29. The van der Waals surface area contributed by atoms with Crippen LogP contribution in [-0.4, -0.2) is 13.5 Å². The zero-order chi connectivity index (χ0) is 17.3. The number of phenolic OH excluding ortho intramolecular Hbond substituents is 1. The summed E-state index contributed by atoms with van der Waals surface area (Å²) in [6.45, 7) is 4.13. The van der Waals surface area contributed by atoms with Crippen LogP contribution in [0.5, 0.6) is 11.5 Å². The van der Waals surface area contributed by atoms with E-state index in [1.54, 1.807) is 30.3 Å². The van der Waals surface area contributed by atoms with Crippen molar-refractivity contribution in [1.82, 2.24) is 0 Å². The van der Waals surface area contributed by atoms with E-state index in [-0.39, 0.29) is 16.4 Å². The molecule has 0 aliphatic carbocycles. The van der Waals surface area contributed by atoms with Gasteiger partial charge in [0.1, 0.15) is 16.4 Å². The highest BCUT2D eigenvalue weighted by atomic mass is 32.2. The molecule has 0 saturated heterocycles. The number of fused-ring (bicyclic) bond motifs is 1. The maximum absolute atomic E-state index is 12.6. The Labute approximate surface area is 141 Å². The van der Waals surface area contributed by atoms with E-state index in [4.69, 9.17) is 4.18 Å². The average molecular weight is 342 g/mol. The largest absolute Gasteiger partial charge is 0.508 e. The summed E-state index contributed by atoms with van der Waals surface area (Å²) >= 11 is 0. The van der Waals surface area contributed by atoms with Gasteiger partial charge in [-0.1, -0.05) is 44.2 Å². The van der Waals surface area contributed by atoms with E-state index >= 15 is 0 Å². The van der Waals surface area contributed by atoms with Gasteiger partial charge in [-0.2, -0.15) is 8.42 Å². The molecule has 0 unspecified atom stereocenters. The monoisotopic (exact) mass is 342 g/mol. The zero-order valence-corrected chi connectivity index (χ0v) is 14.2. The summed E-state index contributed by atoms with van der Waals surface area (Å²) in [5.74, 6) is 0.625. The first kappa shape index (κ1) is 16.3. The van der Waals surface area contributed by atoms with Crippen LogP contribution in [0.15, 0.2) is 65.6 Å². The third-order valence-electron chi connectivity index (χ3n) is 3.85. The van der Waals surface area contributed by atoms with Gasteiger partial charge >= 0.3 is 10.1 Å². The van der Waals surface area contributed by atoms with Gasteiger partial charge < -0.3 is 9.29 Å². The summed E-state index contributed by atoms with van der Waals surface area (Å²) in [6.07, 6.45) is 0. The summed E-state index contributed by atoms with van der Waals surface area (Å²) in [7, 11) is -4.00. The lowest BCUT2D eigenvalue weighted by molar-refractivity contribution is 0.476. The molecule has 0 atom stereocenters. The van der Waals surface area contributed by atoms with Gasteiger partial charge in [0.05, 0.1) is 0 Å². The van der Waals surface area contributed by atoms with E-state index in [0.29, 0.717) is 16.7 Å². The van der Waals surface area contributed by atoms with E-state index < -0.39 is 10.1 Å². The minimum absolute atomic E-state index is 0.00596. The molecule has 24 heavy (non-hydrogen) atoms. The topological polar surface area (TPSA) is 63.6 Å². The second-order valence-corrected chi connectivity index (χ2v) is 7.44. The highest BCUT2D eigenvalue weighted by Gasteiger charge is 2.20. The van der Waals surface area contributed by atoms with Crippen molar-refractivity contribution in [2.45, 2.75) is 24.7 Å². The van der Waals surface area contributed by atoms with Crippen molar-refractivity contribution in [3.63, 3.8) is 0 Å². The molecule has 0 radical (unpaired) electrons. The Bertz CT molecular complexity index is 974. The van der Waals surface area contributed by atoms with Gasteiger partial charge in [-0.25, -0.2) is 0 Å². The second kappa shape index (κ2) is 6.17. The number of phenols is 1. The van der Waals surface area contributed by atoms with E-state index in [9.17, 15) is 13.5 Å². The van der Waals surface area contributed by atoms with Gasteiger partial charge in [0.2, 0.25) is 0 Å². The van der Waals surface area contributed by atoms with Crippen LogP contribution in [0, 0.1) is 0 Å². The first-order chi connectivity index (χ1) is 11.4. The Morgan fingerprint density at radius 2 is 1.67 bits per heavy atom. The van der Waals surface area contributed by atoms with Crippen LogP contribution in [0.1, 0.15) is 25.3 Å². The van der Waals surface area contributed by atoms with Crippen molar-refractivity contribution in [2.75, 3.05) is 0 Å². The van der Waals surface area contributed by atoms with Crippen molar-refractivity contribution >= 4 is 20.9 Å². The average Bonchev–Trinajstić information content (AvgIpc) is 2.54. The fourth-order valence-corrected chi connectivity index (χ4v) is 3.68. The predicted molar refractivity (Wildman–Crippen MR) is 94.0 cm³/mol. The molecule has 3 aromatic carbocycles. The van der Waals surface area contributed by atoms with Crippen molar-refractivity contribution in [1.29, 1.82) is 0 Å². The Hall–Kier alpha value is -2.53. The van der Waals surface area contributed by atoms with Crippen LogP contribution >= 0.6 is 0 Å². The first-order valence-electron chi connectivity index (χ1n) is 7.63. The Kier molecular flexibility index (Phi) is 4.20. The zero-order valence-electron chi connectivity index (χ0n) is 13.4. The van der Waals surface area contributed by atoms with E-state index in [1.165, 1.54) is 18.2 Å². The minimum Gasteiger partial charge on any atom is -0.508 e. The molecule has 0 heterocycles. The van der Waals surface area contributed by atoms with Gasteiger partial charge in [0.15, 0.2) is 0 Å². The molecule has 0 aliphatic heterocycles. The summed E-state index contributed by atoms with van der Waals surface area (Å²) in [4.78, 5) is 0.0313. The highest BCUT2D eigenvalue weighted by molar-refractivity contribution is 7.87. The molecule has 0 aliphatic rings. The first-order valence-corrected chi connectivity index (χ1v) is 9.04. The molecule has 0 spiro atoms. The summed E-state index contributed by atoms with van der Waals surface area (Å²) < 4.78 is 30.5. The normalized spacial score (nSPS) is 11.8. The number of hydrogen-bond acceptors (Lipinski definition) is 4. The molecule has 0 bridgehead atoms. The fourth-order valence-electron chi connectivity index (χ4n) is 2.53. The van der Waals surface area contributed by atoms with E-state index in [2.05, 4.69) is 13.8 Å². The Balaban J connectivity index is 2.00. The molecule has 4 nitrogen and oxygen atoms in total. The van der Waals surface area contributed by atoms with Crippen molar-refractivity contribution in [3.05, 3.63) is 66.2 Å². The molecular formula is C19H18O4S. The molecule has 124 valence electrons. The predicted octanol–water partition coefficient (Wildman–Crippen LogP) is 4.44. The smallest absolute Gasteiger partial charge is 0.339 e. The molecule has 0 amide bonds. The number of aromatic hydroxyl groups is 1. The summed E-state index contributed by atoms with van der Waals surface area (Å²) in [5, 5.41) is 10.8. The van der Waals surface area contributed by atoms with Gasteiger partial charge in [0.25, 0.3) is 0 Å². The quantitative estimate of drug-likeness (QED) is 0.712. The maximum atomic E-state index is 12.6.